The molecule has 2 aromatic heterocycles. The monoisotopic (exact) mass is 308 g/mol. The van der Waals surface area contributed by atoms with Gasteiger partial charge in [-0.15, -0.1) is 11.3 Å². The number of benzene rings is 1. The van der Waals surface area contributed by atoms with Crippen molar-refractivity contribution in [1.82, 2.24) is 19.7 Å². The largest absolute Gasteiger partial charge is 0.302 e. The van der Waals surface area contributed by atoms with Crippen LogP contribution in [0.5, 0.6) is 0 Å². The van der Waals surface area contributed by atoms with E-state index in [9.17, 15) is 0 Å². The zero-order chi connectivity index (χ0) is 13.4. The van der Waals surface area contributed by atoms with Crippen LogP contribution in [0.25, 0.3) is 22.1 Å². The van der Waals surface area contributed by atoms with Crippen molar-refractivity contribution in [3.8, 4) is 22.1 Å². The number of aromatic nitrogens is 4. The highest BCUT2D eigenvalue weighted by atomic mass is 35.5. The number of hydrogen-bond acceptors (Lipinski definition) is 4. The minimum atomic E-state index is 0.580. The number of nitrogens with one attached hydrogen (secondary N) is 1. The van der Waals surface area contributed by atoms with Crippen LogP contribution in [0.15, 0.2) is 29.6 Å². The summed E-state index contributed by atoms with van der Waals surface area (Å²) in [6, 6.07) is 7.61. The Morgan fingerprint density at radius 3 is 2.68 bits per heavy atom. The first-order valence-corrected chi connectivity index (χ1v) is 7.15. The molecule has 0 bridgehead atoms. The fourth-order valence-corrected chi connectivity index (χ4v) is 2.74. The molecule has 0 unspecified atom stereocenters. The summed E-state index contributed by atoms with van der Waals surface area (Å²) in [5, 5.41) is 10.5. The molecule has 2 heterocycles. The van der Waals surface area contributed by atoms with Crippen LogP contribution in [0.1, 0.15) is 0 Å². The lowest BCUT2D eigenvalue weighted by Crippen LogP contribution is -1.92. The molecule has 0 amide bonds. The highest BCUT2D eigenvalue weighted by Gasteiger charge is 2.11. The molecule has 4 nitrogen and oxygen atoms in total. The second-order valence-electron chi connectivity index (χ2n) is 3.96. The fraction of sp³-hybridized carbons (Fsp3) is 0.0833. The highest BCUT2D eigenvalue weighted by molar-refractivity contribution is 7.71. The molecule has 0 aliphatic heterocycles. The van der Waals surface area contributed by atoms with Gasteiger partial charge in [-0.1, -0.05) is 23.7 Å². The number of halogens is 1. The molecule has 0 radical (unpaired) electrons. The van der Waals surface area contributed by atoms with Crippen LogP contribution in [0.2, 0.25) is 5.02 Å². The topological polar surface area (TPSA) is 46.5 Å². The molecule has 0 atom stereocenters. The van der Waals surface area contributed by atoms with Gasteiger partial charge < -0.3 is 4.57 Å². The molecular weight excluding hydrogens is 300 g/mol. The van der Waals surface area contributed by atoms with E-state index in [4.69, 9.17) is 23.8 Å². The van der Waals surface area contributed by atoms with Crippen LogP contribution in [-0.4, -0.2) is 19.7 Å². The number of hydrogen-bond donors (Lipinski definition) is 1. The molecule has 0 fully saturated rings. The second kappa shape index (κ2) is 4.88. The van der Waals surface area contributed by atoms with Crippen LogP contribution in [0, 0.1) is 4.77 Å². The Bertz CT molecular complexity index is 770. The third-order valence-corrected chi connectivity index (χ3v) is 4.21. The van der Waals surface area contributed by atoms with E-state index in [2.05, 4.69) is 15.2 Å². The first kappa shape index (κ1) is 12.5. The average molecular weight is 309 g/mol. The maximum absolute atomic E-state index is 5.88. The number of rotatable bonds is 2. The van der Waals surface area contributed by atoms with Crippen LogP contribution in [-0.2, 0) is 7.05 Å². The van der Waals surface area contributed by atoms with Crippen molar-refractivity contribution in [3.05, 3.63) is 39.4 Å². The SMILES string of the molecule is Cn1c(-c2csc(-c3ccc(Cl)cc3)n2)n[nH]c1=S. The molecule has 96 valence electrons. The normalized spacial score (nSPS) is 10.8. The van der Waals surface area contributed by atoms with Crippen molar-refractivity contribution in [2.75, 3.05) is 0 Å². The van der Waals surface area contributed by atoms with Crippen molar-refractivity contribution < 1.29 is 0 Å². The Balaban J connectivity index is 2.02. The van der Waals surface area contributed by atoms with E-state index in [1.807, 2.05) is 36.7 Å². The maximum Gasteiger partial charge on any atom is 0.195 e. The van der Waals surface area contributed by atoms with Gasteiger partial charge in [0.2, 0.25) is 0 Å². The molecule has 3 rings (SSSR count). The van der Waals surface area contributed by atoms with Crippen molar-refractivity contribution in [2.24, 2.45) is 7.05 Å². The van der Waals surface area contributed by atoms with Crippen molar-refractivity contribution in [1.29, 1.82) is 0 Å². The molecule has 1 N–H and O–H groups in total. The predicted octanol–water partition coefficient (Wildman–Crippen LogP) is 3.92. The van der Waals surface area contributed by atoms with Gasteiger partial charge in [-0.25, -0.2) is 4.98 Å². The van der Waals surface area contributed by atoms with Gasteiger partial charge in [0.25, 0.3) is 0 Å². The van der Waals surface area contributed by atoms with Crippen molar-refractivity contribution >= 4 is 35.2 Å². The van der Waals surface area contributed by atoms with Crippen molar-refractivity contribution in [3.63, 3.8) is 0 Å². The van der Waals surface area contributed by atoms with Crippen molar-refractivity contribution in [2.45, 2.75) is 0 Å². The third kappa shape index (κ3) is 2.34. The molecule has 0 saturated heterocycles. The minimum Gasteiger partial charge on any atom is -0.302 e. The van der Waals surface area contributed by atoms with Gasteiger partial charge in [0.05, 0.1) is 0 Å². The summed E-state index contributed by atoms with van der Waals surface area (Å²) in [4.78, 5) is 4.58. The first-order chi connectivity index (χ1) is 9.15. The fourth-order valence-electron chi connectivity index (χ4n) is 1.68. The predicted molar refractivity (Wildman–Crippen MR) is 79.9 cm³/mol. The van der Waals surface area contributed by atoms with E-state index in [1.165, 1.54) is 0 Å². The van der Waals surface area contributed by atoms with Crippen LogP contribution in [0.3, 0.4) is 0 Å². The summed E-state index contributed by atoms with van der Waals surface area (Å²) in [5.41, 5.74) is 1.85. The zero-order valence-corrected chi connectivity index (χ0v) is 12.3. The number of nitrogens with zero attached hydrogens (tertiary/aromatic N) is 3. The number of H-pyrrole nitrogens is 1. The molecule has 0 aliphatic carbocycles. The third-order valence-electron chi connectivity index (χ3n) is 2.70. The maximum atomic E-state index is 5.88. The van der Waals surface area contributed by atoms with E-state index in [0.29, 0.717) is 4.77 Å². The van der Waals surface area contributed by atoms with E-state index in [0.717, 1.165) is 27.1 Å². The molecular formula is C12H9ClN4S2. The minimum absolute atomic E-state index is 0.580. The summed E-state index contributed by atoms with van der Waals surface area (Å²) >= 11 is 12.5. The lowest BCUT2D eigenvalue weighted by molar-refractivity contribution is 0.898. The summed E-state index contributed by atoms with van der Waals surface area (Å²) in [7, 11) is 1.86. The van der Waals surface area contributed by atoms with Gasteiger partial charge in [0.15, 0.2) is 10.6 Å². The summed E-state index contributed by atoms with van der Waals surface area (Å²) < 4.78 is 2.38. The molecule has 0 aliphatic rings. The molecule has 0 spiro atoms. The smallest absolute Gasteiger partial charge is 0.195 e. The Morgan fingerprint density at radius 1 is 1.32 bits per heavy atom. The average Bonchev–Trinajstić information content (AvgIpc) is 2.99. The molecule has 1 aromatic carbocycles. The number of aromatic amines is 1. The van der Waals surface area contributed by atoms with Gasteiger partial charge in [-0.2, -0.15) is 5.10 Å². The molecule has 19 heavy (non-hydrogen) atoms. The summed E-state index contributed by atoms with van der Waals surface area (Å²) in [5.74, 6) is 0.737. The van der Waals surface area contributed by atoms with Crippen LogP contribution < -0.4 is 0 Å². The Kier molecular flexibility index (Phi) is 3.22. The molecule has 0 saturated carbocycles. The highest BCUT2D eigenvalue weighted by Crippen LogP contribution is 2.28. The quantitative estimate of drug-likeness (QED) is 0.730. The number of thiazole rings is 1. The van der Waals surface area contributed by atoms with E-state index in [-0.39, 0.29) is 0 Å². The van der Waals surface area contributed by atoms with Gasteiger partial charge in [-0.05, 0) is 24.4 Å². The Labute approximate surface area is 123 Å². The van der Waals surface area contributed by atoms with Gasteiger partial charge in [0.1, 0.15) is 10.7 Å². The molecule has 3 aromatic rings. The van der Waals surface area contributed by atoms with E-state index >= 15 is 0 Å². The Morgan fingerprint density at radius 2 is 2.05 bits per heavy atom. The van der Waals surface area contributed by atoms with Crippen LogP contribution in [0.4, 0.5) is 0 Å². The van der Waals surface area contributed by atoms with Gasteiger partial charge in [-0.3, -0.25) is 5.10 Å². The first-order valence-electron chi connectivity index (χ1n) is 5.48. The second-order valence-corrected chi connectivity index (χ2v) is 5.64. The van der Waals surface area contributed by atoms with Gasteiger partial charge >= 0.3 is 0 Å². The standard InChI is InChI=1S/C12H9ClN4S2/c1-17-10(15-16-12(17)18)9-6-19-11(14-9)7-2-4-8(13)5-3-7/h2-6H,1H3,(H,16,18). The zero-order valence-electron chi connectivity index (χ0n) is 9.92. The van der Waals surface area contributed by atoms with E-state index in [1.54, 1.807) is 15.9 Å². The lowest BCUT2D eigenvalue weighted by atomic mass is 10.2. The van der Waals surface area contributed by atoms with E-state index < -0.39 is 0 Å². The summed E-state index contributed by atoms with van der Waals surface area (Å²) in [6.45, 7) is 0. The van der Waals surface area contributed by atoms with Crippen LogP contribution >= 0.6 is 35.2 Å². The lowest BCUT2D eigenvalue weighted by Gasteiger charge is -1.96. The van der Waals surface area contributed by atoms with Gasteiger partial charge in [0, 0.05) is 23.0 Å². The molecule has 7 heteroatoms. The summed E-state index contributed by atoms with van der Waals surface area (Å²) in [6.07, 6.45) is 0. The Hall–Kier alpha value is -1.50.